The highest BCUT2D eigenvalue weighted by atomic mass is 16.4. The van der Waals surface area contributed by atoms with E-state index in [0.717, 1.165) is 16.5 Å². The molecule has 1 amide bonds. The molecule has 2 aromatic rings. The van der Waals surface area contributed by atoms with Crippen molar-refractivity contribution in [2.75, 3.05) is 0 Å². The topological polar surface area (TPSA) is 82.5 Å². The van der Waals surface area contributed by atoms with Crippen LogP contribution >= 0.6 is 0 Å². The Morgan fingerprint density at radius 2 is 2.16 bits per heavy atom. The van der Waals surface area contributed by atoms with E-state index in [2.05, 4.69) is 9.98 Å². The highest BCUT2D eigenvalue weighted by Crippen LogP contribution is 2.20. The number of H-pyrrole nitrogens is 1. The van der Waals surface area contributed by atoms with Crippen LogP contribution in [0.15, 0.2) is 35.5 Å². The van der Waals surface area contributed by atoms with Gasteiger partial charge in [-0.2, -0.15) is 0 Å². The van der Waals surface area contributed by atoms with Crippen LogP contribution in [0.1, 0.15) is 12.5 Å². The summed E-state index contributed by atoms with van der Waals surface area (Å²) in [6.45, 7) is 1.29. The minimum Gasteiger partial charge on any atom is -0.481 e. The first-order valence-electron chi connectivity index (χ1n) is 5.90. The third-order valence-electron chi connectivity index (χ3n) is 2.87. The summed E-state index contributed by atoms with van der Waals surface area (Å²) in [4.78, 5) is 28.6. The molecule has 98 valence electrons. The van der Waals surface area contributed by atoms with Crippen LogP contribution in [0.5, 0.6) is 0 Å². The zero-order chi connectivity index (χ0) is 13.8. The number of carbonyl (C=O) groups excluding carboxylic acids is 1. The molecule has 1 aromatic heterocycles. The number of nitrogens with zero attached hydrogens (tertiary/aromatic N) is 1. The zero-order valence-corrected chi connectivity index (χ0v) is 10.5. The number of amides is 1. The number of carboxylic acids is 1. The van der Waals surface area contributed by atoms with E-state index in [1.165, 1.54) is 13.1 Å². The summed E-state index contributed by atoms with van der Waals surface area (Å²) in [5, 5.41) is 10.1. The molecule has 1 atom stereocenters. The third-order valence-corrected chi connectivity index (χ3v) is 2.87. The number of rotatable bonds is 4. The fraction of sp³-hybridized carbons (Fsp3) is 0.214. The van der Waals surface area contributed by atoms with Crippen LogP contribution in [0.2, 0.25) is 0 Å². The number of carboxylic acid groups (broad SMARTS) is 1. The zero-order valence-electron chi connectivity index (χ0n) is 10.5. The molecule has 0 aliphatic rings. The maximum atomic E-state index is 11.2. The lowest BCUT2D eigenvalue weighted by Crippen LogP contribution is -2.18. The number of hydrogen-bond acceptors (Lipinski definition) is 2. The molecular formula is C14H14N2O3. The van der Waals surface area contributed by atoms with Crippen LogP contribution in [0.4, 0.5) is 0 Å². The third kappa shape index (κ3) is 3.07. The second kappa shape index (κ2) is 5.48. The number of aliphatic imine (C=N–C) groups is 1. The molecule has 1 aromatic carbocycles. The lowest BCUT2D eigenvalue weighted by Gasteiger charge is -2.05. The van der Waals surface area contributed by atoms with E-state index >= 15 is 0 Å². The number of aromatic nitrogens is 1. The van der Waals surface area contributed by atoms with Crippen molar-refractivity contribution in [2.45, 2.75) is 13.3 Å². The van der Waals surface area contributed by atoms with Gasteiger partial charge in [0.1, 0.15) is 0 Å². The molecule has 0 aliphatic heterocycles. The molecule has 0 radical (unpaired) electrons. The lowest BCUT2D eigenvalue weighted by atomic mass is 10.00. The number of aromatic amines is 1. The average molecular weight is 258 g/mol. The summed E-state index contributed by atoms with van der Waals surface area (Å²) in [5.74, 6) is -2.19. The number of carbonyl (C=O) groups is 2. The van der Waals surface area contributed by atoms with Crippen LogP contribution in [-0.4, -0.2) is 28.2 Å². The van der Waals surface area contributed by atoms with Gasteiger partial charge in [-0.3, -0.25) is 9.59 Å². The summed E-state index contributed by atoms with van der Waals surface area (Å²) >= 11 is 0. The van der Waals surface area contributed by atoms with Crippen molar-refractivity contribution in [1.29, 1.82) is 0 Å². The van der Waals surface area contributed by atoms with Crippen molar-refractivity contribution in [3.05, 3.63) is 36.0 Å². The molecule has 1 heterocycles. The Balaban J connectivity index is 2.26. The number of hydrogen-bond donors (Lipinski definition) is 2. The van der Waals surface area contributed by atoms with Crippen LogP contribution in [0.3, 0.4) is 0 Å². The second-order valence-corrected chi connectivity index (χ2v) is 4.31. The fourth-order valence-electron chi connectivity index (χ4n) is 1.94. The minimum absolute atomic E-state index is 0.302. The van der Waals surface area contributed by atoms with Gasteiger partial charge in [-0.05, 0) is 18.1 Å². The molecule has 0 unspecified atom stereocenters. The van der Waals surface area contributed by atoms with Gasteiger partial charge in [0.2, 0.25) is 5.91 Å². The highest BCUT2D eigenvalue weighted by Gasteiger charge is 2.17. The van der Waals surface area contributed by atoms with Crippen molar-refractivity contribution in [1.82, 2.24) is 4.98 Å². The Morgan fingerprint density at radius 1 is 1.42 bits per heavy atom. The Morgan fingerprint density at radius 3 is 2.84 bits per heavy atom. The molecule has 0 fully saturated rings. The van der Waals surface area contributed by atoms with Gasteiger partial charge in [0.05, 0.1) is 5.92 Å². The van der Waals surface area contributed by atoms with E-state index in [9.17, 15) is 9.59 Å². The molecule has 19 heavy (non-hydrogen) atoms. The van der Waals surface area contributed by atoms with Crippen molar-refractivity contribution in [3.63, 3.8) is 0 Å². The molecule has 0 spiro atoms. The molecule has 2 rings (SSSR count). The quantitative estimate of drug-likeness (QED) is 0.823. The smallest absolute Gasteiger partial charge is 0.312 e. The summed E-state index contributed by atoms with van der Waals surface area (Å²) in [6.07, 6.45) is 3.30. The van der Waals surface area contributed by atoms with Gasteiger partial charge in [0.25, 0.3) is 0 Å². The Bertz CT molecular complexity index is 643. The van der Waals surface area contributed by atoms with E-state index in [1.807, 2.05) is 24.3 Å². The summed E-state index contributed by atoms with van der Waals surface area (Å²) in [7, 11) is 0. The molecule has 0 saturated heterocycles. The van der Waals surface area contributed by atoms with Crippen molar-refractivity contribution < 1.29 is 14.7 Å². The first-order valence-corrected chi connectivity index (χ1v) is 5.90. The lowest BCUT2D eigenvalue weighted by molar-refractivity contribution is -0.139. The van der Waals surface area contributed by atoms with Gasteiger partial charge in [-0.15, -0.1) is 0 Å². The number of nitrogens with one attached hydrogen (secondary N) is 1. The van der Waals surface area contributed by atoms with Gasteiger partial charge in [0, 0.05) is 30.2 Å². The van der Waals surface area contributed by atoms with E-state index < -0.39 is 17.8 Å². The SMILES string of the molecule is CC(=O)/N=C/[C@@H](Cc1c[nH]c2ccccc12)C(=O)O. The van der Waals surface area contributed by atoms with Gasteiger partial charge >= 0.3 is 5.97 Å². The highest BCUT2D eigenvalue weighted by molar-refractivity contribution is 5.94. The van der Waals surface area contributed by atoms with E-state index in [-0.39, 0.29) is 0 Å². The van der Waals surface area contributed by atoms with Gasteiger partial charge in [0.15, 0.2) is 0 Å². The molecule has 0 saturated carbocycles. The molecule has 2 N–H and O–H groups in total. The monoisotopic (exact) mass is 258 g/mol. The fourth-order valence-corrected chi connectivity index (χ4v) is 1.94. The average Bonchev–Trinajstić information content (AvgIpc) is 2.77. The molecule has 5 nitrogen and oxygen atoms in total. The van der Waals surface area contributed by atoms with Crippen LogP contribution < -0.4 is 0 Å². The predicted molar refractivity (Wildman–Crippen MR) is 72.3 cm³/mol. The number of fused-ring (bicyclic) bond motifs is 1. The Hall–Kier alpha value is -2.43. The van der Waals surface area contributed by atoms with Crippen LogP contribution in [-0.2, 0) is 16.0 Å². The maximum absolute atomic E-state index is 11.2. The molecule has 0 bridgehead atoms. The van der Waals surface area contributed by atoms with Crippen LogP contribution in [0.25, 0.3) is 10.9 Å². The van der Waals surface area contributed by atoms with E-state index in [0.29, 0.717) is 6.42 Å². The summed E-state index contributed by atoms with van der Waals surface area (Å²) < 4.78 is 0. The Labute approximate surface area is 110 Å². The Kier molecular flexibility index (Phi) is 3.75. The van der Waals surface area contributed by atoms with E-state index in [4.69, 9.17) is 5.11 Å². The first-order chi connectivity index (χ1) is 9.08. The van der Waals surface area contributed by atoms with Gasteiger partial charge in [-0.25, -0.2) is 4.99 Å². The molecule has 0 aliphatic carbocycles. The van der Waals surface area contributed by atoms with E-state index in [1.54, 1.807) is 6.20 Å². The van der Waals surface area contributed by atoms with Crippen molar-refractivity contribution >= 4 is 29.0 Å². The summed E-state index contributed by atoms with van der Waals surface area (Å²) in [5.41, 5.74) is 1.86. The predicted octanol–water partition coefficient (Wildman–Crippen LogP) is 2.03. The number of aliphatic carboxylic acids is 1. The largest absolute Gasteiger partial charge is 0.481 e. The maximum Gasteiger partial charge on any atom is 0.312 e. The second-order valence-electron chi connectivity index (χ2n) is 4.31. The minimum atomic E-state index is -0.990. The van der Waals surface area contributed by atoms with Crippen LogP contribution in [0, 0.1) is 5.92 Å². The standard InChI is InChI=1S/C14H14N2O3/c1-9(17)15-8-11(14(18)19)6-10-7-16-13-5-3-2-4-12(10)13/h2-5,7-8,11,16H,6H2,1H3,(H,18,19)/b15-8+/t11-/m1/s1. The number of benzene rings is 1. The summed E-state index contributed by atoms with van der Waals surface area (Å²) in [6, 6.07) is 7.67. The van der Waals surface area contributed by atoms with Gasteiger partial charge < -0.3 is 10.1 Å². The van der Waals surface area contributed by atoms with Crippen molar-refractivity contribution in [2.24, 2.45) is 10.9 Å². The van der Waals surface area contributed by atoms with Crippen molar-refractivity contribution in [3.8, 4) is 0 Å². The number of para-hydroxylation sites is 1. The first kappa shape index (κ1) is 13.0. The molecular weight excluding hydrogens is 244 g/mol. The molecule has 5 heteroatoms. The normalized spacial score (nSPS) is 12.9. The van der Waals surface area contributed by atoms with Gasteiger partial charge in [-0.1, -0.05) is 18.2 Å².